The lowest BCUT2D eigenvalue weighted by Gasteiger charge is -2.31. The molecule has 4 atom stereocenters. The summed E-state index contributed by atoms with van der Waals surface area (Å²) in [4.78, 5) is 40.7. The highest BCUT2D eigenvalue weighted by Gasteiger charge is 2.32. The number of hydrogen-bond donors (Lipinski definition) is 4. The molecule has 1 unspecified atom stereocenters. The average molecular weight is 511 g/mol. The van der Waals surface area contributed by atoms with E-state index in [-0.39, 0.29) is 5.91 Å². The number of ether oxygens (including phenoxy) is 1. The number of aryl methyl sites for hydroxylation is 1. The van der Waals surface area contributed by atoms with Gasteiger partial charge >= 0.3 is 0 Å². The lowest BCUT2D eigenvalue weighted by atomic mass is 10.0. The monoisotopic (exact) mass is 510 g/mol. The Bertz CT molecular complexity index is 1050. The van der Waals surface area contributed by atoms with Crippen molar-refractivity contribution in [3.05, 3.63) is 65.7 Å². The molecule has 1 heterocycles. The minimum atomic E-state index is -0.986. The fraction of sp³-hybridized carbons (Fsp3) is 0.464. The third kappa shape index (κ3) is 8.03. The van der Waals surface area contributed by atoms with Crippen LogP contribution in [-0.2, 0) is 27.2 Å². The first-order valence-corrected chi connectivity index (χ1v) is 12.8. The van der Waals surface area contributed by atoms with E-state index in [0.29, 0.717) is 39.0 Å². The molecule has 4 N–H and O–H groups in total. The van der Waals surface area contributed by atoms with Crippen molar-refractivity contribution in [3.8, 4) is 5.75 Å². The number of benzene rings is 2. The Hall–Kier alpha value is -3.43. The summed E-state index contributed by atoms with van der Waals surface area (Å²) >= 11 is 0. The summed E-state index contributed by atoms with van der Waals surface area (Å²) in [5.74, 6) is -0.415. The van der Waals surface area contributed by atoms with E-state index in [9.17, 15) is 19.5 Å². The third-order valence-electron chi connectivity index (χ3n) is 6.59. The molecule has 0 spiro atoms. The SMILES string of the molecule is CC(O)[C@@H]1NCCOc2ccccc2CCCNC(=O)[C@@H](Cc2ccccc2)NC(=O)[C@@H](C)N(C)C1=O. The van der Waals surface area contributed by atoms with Gasteiger partial charge in [0.2, 0.25) is 17.7 Å². The Labute approximate surface area is 218 Å². The zero-order valence-electron chi connectivity index (χ0n) is 21.8. The highest BCUT2D eigenvalue weighted by Crippen LogP contribution is 2.19. The number of rotatable bonds is 3. The first-order chi connectivity index (χ1) is 17.8. The Morgan fingerprint density at radius 2 is 1.73 bits per heavy atom. The van der Waals surface area contributed by atoms with E-state index < -0.39 is 36.0 Å². The molecule has 0 fully saturated rings. The van der Waals surface area contributed by atoms with Crippen molar-refractivity contribution < 1.29 is 24.2 Å². The largest absolute Gasteiger partial charge is 0.492 e. The van der Waals surface area contributed by atoms with Crippen LogP contribution < -0.4 is 20.7 Å². The van der Waals surface area contributed by atoms with Crippen LogP contribution in [0.15, 0.2) is 54.6 Å². The first-order valence-electron chi connectivity index (χ1n) is 12.8. The topological polar surface area (TPSA) is 120 Å². The molecular formula is C28H38N4O5. The molecule has 3 rings (SSSR count). The van der Waals surface area contributed by atoms with Crippen molar-refractivity contribution in [2.24, 2.45) is 0 Å². The zero-order valence-corrected chi connectivity index (χ0v) is 21.8. The van der Waals surface area contributed by atoms with Crippen LogP contribution in [0, 0.1) is 0 Å². The molecule has 200 valence electrons. The number of aliphatic hydroxyl groups is 1. The number of hydrogen-bond acceptors (Lipinski definition) is 6. The molecule has 1 aliphatic heterocycles. The van der Waals surface area contributed by atoms with E-state index in [1.165, 1.54) is 18.9 Å². The van der Waals surface area contributed by atoms with Crippen LogP contribution in [0.1, 0.15) is 31.4 Å². The number of nitrogens with one attached hydrogen (secondary N) is 3. The summed E-state index contributed by atoms with van der Waals surface area (Å²) in [6, 6.07) is 14.6. The van der Waals surface area contributed by atoms with Crippen LogP contribution in [0.4, 0.5) is 0 Å². The molecule has 1 aliphatic rings. The van der Waals surface area contributed by atoms with Crippen molar-refractivity contribution in [1.29, 1.82) is 0 Å². The number of para-hydroxylation sites is 1. The molecule has 37 heavy (non-hydrogen) atoms. The summed E-state index contributed by atoms with van der Waals surface area (Å²) < 4.78 is 5.95. The third-order valence-corrected chi connectivity index (χ3v) is 6.59. The number of carbonyl (C=O) groups excluding carboxylic acids is 3. The maximum Gasteiger partial charge on any atom is 0.243 e. The minimum absolute atomic E-state index is 0.285. The van der Waals surface area contributed by atoms with E-state index in [0.717, 1.165) is 16.9 Å². The smallest absolute Gasteiger partial charge is 0.243 e. The second kappa shape index (κ2) is 13.8. The lowest BCUT2D eigenvalue weighted by Crippen LogP contribution is -2.58. The molecule has 0 bridgehead atoms. The van der Waals surface area contributed by atoms with E-state index in [1.54, 1.807) is 6.92 Å². The lowest BCUT2D eigenvalue weighted by molar-refractivity contribution is -0.142. The van der Waals surface area contributed by atoms with Gasteiger partial charge in [-0.2, -0.15) is 0 Å². The Morgan fingerprint density at radius 1 is 1.03 bits per heavy atom. The van der Waals surface area contributed by atoms with E-state index in [4.69, 9.17) is 4.74 Å². The fourth-order valence-corrected chi connectivity index (χ4v) is 4.24. The number of amides is 3. The molecule has 0 radical (unpaired) electrons. The van der Waals surface area contributed by atoms with Crippen LogP contribution in [0.3, 0.4) is 0 Å². The van der Waals surface area contributed by atoms with Gasteiger partial charge in [0.05, 0.1) is 6.10 Å². The van der Waals surface area contributed by atoms with Gasteiger partial charge in [-0.1, -0.05) is 48.5 Å². The number of carbonyl (C=O) groups is 3. The molecule has 2 aromatic rings. The van der Waals surface area contributed by atoms with Gasteiger partial charge in [-0.05, 0) is 43.9 Å². The molecule has 2 aromatic carbocycles. The second-order valence-corrected chi connectivity index (χ2v) is 9.40. The molecule has 9 nitrogen and oxygen atoms in total. The zero-order chi connectivity index (χ0) is 26.8. The molecule has 3 amide bonds. The number of nitrogens with zero attached hydrogens (tertiary/aromatic N) is 1. The molecular weight excluding hydrogens is 472 g/mol. The van der Waals surface area contributed by atoms with Crippen LogP contribution in [0.2, 0.25) is 0 Å². The first kappa shape index (κ1) is 28.1. The van der Waals surface area contributed by atoms with Gasteiger partial charge in [0.15, 0.2) is 0 Å². The van der Waals surface area contributed by atoms with Crippen LogP contribution in [-0.4, -0.2) is 78.7 Å². The van der Waals surface area contributed by atoms with Crippen molar-refractivity contribution in [2.75, 3.05) is 26.7 Å². The highest BCUT2D eigenvalue weighted by molar-refractivity contribution is 5.93. The number of aliphatic hydroxyl groups excluding tert-OH is 1. The van der Waals surface area contributed by atoms with Gasteiger partial charge in [0.25, 0.3) is 0 Å². The summed E-state index contributed by atoms with van der Waals surface area (Å²) in [7, 11) is 1.51. The van der Waals surface area contributed by atoms with Crippen molar-refractivity contribution in [3.63, 3.8) is 0 Å². The fourth-order valence-electron chi connectivity index (χ4n) is 4.24. The standard InChI is InChI=1S/C28H38N4O5/c1-19-26(34)31-23(18-21-10-5-4-6-11-21)27(35)30-15-9-13-22-12-7-8-14-24(22)37-17-16-29-25(20(2)33)28(36)32(19)3/h4-8,10-12,14,19-20,23,25,29,33H,9,13,15-18H2,1-3H3,(H,30,35)(H,31,34)/t19-,20?,23-,25+/m1/s1. The maximum absolute atomic E-state index is 13.2. The van der Waals surface area contributed by atoms with Crippen molar-refractivity contribution in [1.82, 2.24) is 20.9 Å². The average Bonchev–Trinajstić information content (AvgIpc) is 2.89. The summed E-state index contributed by atoms with van der Waals surface area (Å²) in [6.07, 6.45) is 0.737. The van der Waals surface area contributed by atoms with Gasteiger partial charge < -0.3 is 30.7 Å². The van der Waals surface area contributed by atoms with E-state index in [1.807, 2.05) is 54.6 Å². The van der Waals surface area contributed by atoms with Crippen molar-refractivity contribution in [2.45, 2.75) is 57.3 Å². The number of likely N-dealkylation sites (N-methyl/N-ethyl adjacent to an activating group) is 1. The maximum atomic E-state index is 13.2. The quantitative estimate of drug-likeness (QED) is 0.490. The van der Waals surface area contributed by atoms with E-state index >= 15 is 0 Å². The van der Waals surface area contributed by atoms with Gasteiger partial charge in [0.1, 0.15) is 30.5 Å². The Kier molecular flexibility index (Phi) is 10.5. The summed E-state index contributed by atoms with van der Waals surface area (Å²) in [6.45, 7) is 4.20. The molecule has 0 aromatic heterocycles. The predicted molar refractivity (Wildman–Crippen MR) is 141 cm³/mol. The van der Waals surface area contributed by atoms with Gasteiger partial charge in [0, 0.05) is 26.6 Å². The molecule has 0 aliphatic carbocycles. The van der Waals surface area contributed by atoms with Gasteiger partial charge in [-0.25, -0.2) is 0 Å². The predicted octanol–water partition coefficient (Wildman–Crippen LogP) is 1.04. The van der Waals surface area contributed by atoms with Crippen LogP contribution in [0.5, 0.6) is 5.75 Å². The van der Waals surface area contributed by atoms with E-state index in [2.05, 4.69) is 16.0 Å². The molecule has 0 saturated carbocycles. The summed E-state index contributed by atoms with van der Waals surface area (Å²) in [5, 5.41) is 19.1. The van der Waals surface area contributed by atoms with Crippen LogP contribution in [0.25, 0.3) is 0 Å². The minimum Gasteiger partial charge on any atom is -0.492 e. The van der Waals surface area contributed by atoms with Gasteiger partial charge in [-0.3, -0.25) is 14.4 Å². The second-order valence-electron chi connectivity index (χ2n) is 9.40. The Balaban J connectivity index is 1.83. The Morgan fingerprint density at radius 3 is 2.46 bits per heavy atom. The molecule has 9 heteroatoms. The van der Waals surface area contributed by atoms with Crippen molar-refractivity contribution >= 4 is 17.7 Å². The highest BCUT2D eigenvalue weighted by atomic mass is 16.5. The summed E-state index contributed by atoms with van der Waals surface area (Å²) in [5.41, 5.74) is 1.93. The van der Waals surface area contributed by atoms with Gasteiger partial charge in [-0.15, -0.1) is 0 Å². The normalized spacial score (nSPS) is 23.5. The number of fused-ring (bicyclic) bond motifs is 1. The van der Waals surface area contributed by atoms with Crippen LogP contribution >= 0.6 is 0 Å². The molecule has 0 saturated heterocycles.